The minimum atomic E-state index is 0. The van der Waals surface area contributed by atoms with Crippen LogP contribution in [0.15, 0.2) is 122 Å². The van der Waals surface area contributed by atoms with Crippen molar-refractivity contribution in [1.29, 1.82) is 0 Å². The molecule has 38 heavy (non-hydrogen) atoms. The molecule has 0 unspecified atom stereocenters. The molecule has 0 fully saturated rings. The first-order valence-corrected chi connectivity index (χ1v) is 10.6. The number of quaternary nitrogens is 2. The van der Waals surface area contributed by atoms with Gasteiger partial charge < -0.3 is 98.0 Å². The second-order valence-electron chi connectivity index (χ2n) is 7.31. The largest absolute Gasteiger partial charge is 1.00 e. The van der Waals surface area contributed by atoms with Gasteiger partial charge in [-0.2, -0.15) is 0 Å². The summed E-state index contributed by atoms with van der Waals surface area (Å²) in [5.74, 6) is 0. The highest BCUT2D eigenvalue weighted by atomic mass is 79.9. The second-order valence-corrected chi connectivity index (χ2v) is 7.31. The Hall–Kier alpha value is -1.17. The molecule has 0 aromatic carbocycles. The van der Waals surface area contributed by atoms with Gasteiger partial charge in [0.25, 0.3) is 0 Å². The Morgan fingerprint density at radius 2 is 0.395 bits per heavy atom. The average Bonchev–Trinajstić information content (AvgIpc) is 2.84. The van der Waals surface area contributed by atoms with Gasteiger partial charge in [-0.15, -0.1) is 0 Å². The fourth-order valence-corrected chi connectivity index (χ4v) is 1.37. The van der Waals surface area contributed by atoms with E-state index in [0.717, 1.165) is 0 Å². The monoisotopic (exact) mass is 782 g/mol. The van der Waals surface area contributed by atoms with Crippen molar-refractivity contribution >= 4 is 0 Å². The molecule has 0 atom stereocenters. The van der Waals surface area contributed by atoms with Gasteiger partial charge in [-0.05, 0) is 0 Å². The number of H-pyrrole nitrogens is 4. The highest BCUT2D eigenvalue weighted by Crippen LogP contribution is 1.70. The summed E-state index contributed by atoms with van der Waals surface area (Å²) in [5, 5.41) is 0. The summed E-state index contributed by atoms with van der Waals surface area (Å²) in [4.78, 5) is 14.4. The summed E-state index contributed by atoms with van der Waals surface area (Å²) < 4.78 is 0. The van der Waals surface area contributed by atoms with Crippen molar-refractivity contribution < 1.29 is 118 Å². The molecule has 0 saturated carbocycles. The molecule has 0 amide bonds. The Balaban J connectivity index is -0.0000000463. The minimum absolute atomic E-state index is 0. The number of aromatic nitrogens is 4. The van der Waals surface area contributed by atoms with Gasteiger partial charge in [0.05, 0.1) is 42.3 Å². The van der Waals surface area contributed by atoms with Crippen LogP contribution in [0, 0.1) is 0 Å². The molecule has 0 bridgehead atoms. The Labute approximate surface area is 280 Å². The highest BCUT2D eigenvalue weighted by molar-refractivity contribution is 4.84. The summed E-state index contributed by atoms with van der Waals surface area (Å²) in [6.45, 7) is 0. The molecule has 0 aliphatic carbocycles. The molecule has 6 N–H and O–H groups in total. The van der Waals surface area contributed by atoms with Crippen LogP contribution in [0.5, 0.6) is 0 Å². The number of aromatic amines is 4. The smallest absolute Gasteiger partial charge is 0.166 e. The molecule has 0 saturated heterocycles. The lowest BCUT2D eigenvalue weighted by Gasteiger charge is -1.88. The van der Waals surface area contributed by atoms with E-state index in [4.69, 9.17) is 0 Å². The molecule has 12 heteroatoms. The first-order valence-electron chi connectivity index (χ1n) is 10.6. The Bertz CT molecular complexity index is 540. The van der Waals surface area contributed by atoms with Crippen LogP contribution in [-0.2, 0) is 0 Å². The van der Waals surface area contributed by atoms with E-state index in [1.54, 1.807) is 0 Å². The van der Waals surface area contributed by atoms with E-state index in [9.17, 15) is 0 Å². The number of rotatable bonds is 0. The lowest BCUT2D eigenvalue weighted by Crippen LogP contribution is -3.02. The third kappa shape index (κ3) is 76.5. The first-order chi connectivity index (χ1) is 15.5. The molecule has 0 aliphatic heterocycles. The van der Waals surface area contributed by atoms with Gasteiger partial charge in [0.2, 0.25) is 0 Å². The van der Waals surface area contributed by atoms with Crippen LogP contribution in [0.25, 0.3) is 0 Å². The van der Waals surface area contributed by atoms with Crippen molar-refractivity contribution in [2.75, 3.05) is 42.3 Å². The summed E-state index contributed by atoms with van der Waals surface area (Å²) >= 11 is 0. The maximum atomic E-state index is 2.89. The van der Waals surface area contributed by atoms with Crippen LogP contribution in [0.2, 0.25) is 0 Å². The predicted molar refractivity (Wildman–Crippen MR) is 129 cm³/mol. The number of nitrogens with one attached hydrogen (secondary N) is 6. The second kappa shape index (κ2) is 52.3. The highest BCUT2D eigenvalue weighted by Gasteiger charge is 1.67. The van der Waals surface area contributed by atoms with Crippen molar-refractivity contribution in [3.8, 4) is 0 Å². The molecule has 220 valence electrons. The maximum absolute atomic E-state index is 2.89. The average molecular weight is 787 g/mol. The third-order valence-electron chi connectivity index (χ3n) is 2.43. The Kier molecular flexibility index (Phi) is 78.3. The van der Waals surface area contributed by atoms with Crippen molar-refractivity contribution in [3.63, 3.8) is 0 Å². The molecule has 4 heterocycles. The first kappa shape index (κ1) is 56.9. The number of pyridine rings is 4. The third-order valence-corrected chi connectivity index (χ3v) is 2.43. The zero-order valence-corrected chi connectivity index (χ0v) is 29.8. The van der Waals surface area contributed by atoms with Gasteiger partial charge in [0.1, 0.15) is 0 Å². The van der Waals surface area contributed by atoms with Crippen LogP contribution in [0.3, 0.4) is 0 Å². The Morgan fingerprint density at radius 1 is 0.289 bits per heavy atom. The standard InChI is InChI=1S/4C5H5N.2C3H9N.3BrH.3ClH/c4*1-2-4-6-5-3-1;2*1-4(2)3;;;;;;/h4*1-5H;2*1-3H3;6*1H. The fraction of sp³-hybridized carbons (Fsp3) is 0.231. The van der Waals surface area contributed by atoms with Crippen LogP contribution < -0.4 is 118 Å². The van der Waals surface area contributed by atoms with Crippen molar-refractivity contribution in [2.24, 2.45) is 0 Å². The van der Waals surface area contributed by atoms with Gasteiger partial charge >= 0.3 is 0 Å². The molecule has 0 radical (unpaired) electrons. The van der Waals surface area contributed by atoms with E-state index in [1.165, 1.54) is 9.80 Å². The normalized spacial score (nSPS) is 6.95. The van der Waals surface area contributed by atoms with E-state index in [1.807, 2.05) is 122 Å². The quantitative estimate of drug-likeness (QED) is 0.178. The minimum Gasteiger partial charge on any atom is -1.00 e. The molecule has 4 aromatic heterocycles. The molecule has 0 aliphatic rings. The molecule has 4 aromatic rings. The number of hydrogen-bond acceptors (Lipinski definition) is 0. The predicted octanol–water partition coefficient (Wildman–Crippen LogP) is -18.5. The maximum Gasteiger partial charge on any atom is 0.166 e. The van der Waals surface area contributed by atoms with Gasteiger partial charge in [-0.3, -0.25) is 0 Å². The Morgan fingerprint density at radius 3 is 0.421 bits per heavy atom. The van der Waals surface area contributed by atoms with Crippen LogP contribution in [-0.4, -0.2) is 42.3 Å². The number of hydrogen-bond donors (Lipinski definition) is 2. The molecular weight excluding hydrogens is 742 g/mol. The van der Waals surface area contributed by atoms with E-state index in [-0.39, 0.29) is 88.2 Å². The lowest BCUT2D eigenvalue weighted by molar-refractivity contribution is -0.836. The molecule has 4 rings (SSSR count). The summed E-state index contributed by atoms with van der Waals surface area (Å²) in [6.07, 6.45) is 15.0. The van der Waals surface area contributed by atoms with E-state index in [2.05, 4.69) is 62.2 Å². The van der Waals surface area contributed by atoms with E-state index < -0.39 is 0 Å². The summed E-state index contributed by atoms with van der Waals surface area (Å²) in [7, 11) is 12.5. The SMILES string of the molecule is C[NH+](C)C.C[NH+](C)C.[Br-].[Br-].[Br-].[Cl-].[Cl-].[Cl-].c1cc[nH+]cc1.c1cc[nH+]cc1.c1cc[nH+]cc1.c1cc[nH+]cc1. The molecular formula is C26H44Br3Cl3N6. The van der Waals surface area contributed by atoms with E-state index >= 15 is 0 Å². The summed E-state index contributed by atoms with van der Waals surface area (Å²) in [5.41, 5.74) is 0. The molecule has 6 nitrogen and oxygen atoms in total. The van der Waals surface area contributed by atoms with Gasteiger partial charge in [0, 0.05) is 48.5 Å². The zero-order valence-electron chi connectivity index (χ0n) is 22.8. The van der Waals surface area contributed by atoms with Crippen molar-refractivity contribution in [1.82, 2.24) is 0 Å². The lowest BCUT2D eigenvalue weighted by atomic mass is 10.5. The van der Waals surface area contributed by atoms with Crippen molar-refractivity contribution in [3.05, 3.63) is 122 Å². The molecule has 0 spiro atoms. The topological polar surface area (TPSA) is 65.4 Å². The van der Waals surface area contributed by atoms with Crippen LogP contribution in [0.4, 0.5) is 0 Å². The van der Waals surface area contributed by atoms with Gasteiger partial charge in [-0.25, -0.2) is 19.9 Å². The zero-order chi connectivity index (χ0) is 24.1. The van der Waals surface area contributed by atoms with Gasteiger partial charge in [-0.1, -0.05) is 24.3 Å². The van der Waals surface area contributed by atoms with Crippen molar-refractivity contribution in [2.45, 2.75) is 0 Å². The van der Waals surface area contributed by atoms with E-state index in [0.29, 0.717) is 0 Å². The number of halogens is 6. The van der Waals surface area contributed by atoms with Crippen LogP contribution >= 0.6 is 0 Å². The van der Waals surface area contributed by atoms with Gasteiger partial charge in [0.15, 0.2) is 49.6 Å². The summed E-state index contributed by atoms with van der Waals surface area (Å²) in [6, 6.07) is 23.4. The fourth-order valence-electron chi connectivity index (χ4n) is 1.37. The van der Waals surface area contributed by atoms with Crippen LogP contribution in [0.1, 0.15) is 0 Å².